The van der Waals surface area contributed by atoms with Gasteiger partial charge >= 0.3 is 6.36 Å². The minimum absolute atomic E-state index is 0.212. The normalized spacial score (nSPS) is 21.1. The highest BCUT2D eigenvalue weighted by molar-refractivity contribution is 8.04. The molecule has 1 N–H and O–H groups in total. The van der Waals surface area contributed by atoms with Crippen molar-refractivity contribution in [3.05, 3.63) is 28.8 Å². The summed E-state index contributed by atoms with van der Waals surface area (Å²) < 4.78 is 40.6. The second-order valence-corrected chi connectivity index (χ2v) is 5.69. The molecule has 0 spiro atoms. The van der Waals surface area contributed by atoms with Gasteiger partial charge in [0.05, 0.1) is 11.7 Å². The summed E-state index contributed by atoms with van der Waals surface area (Å²) in [6.07, 6.45) is -2.10. The summed E-state index contributed by atoms with van der Waals surface area (Å²) >= 11 is 1.40. The molecule has 0 fully saturated rings. The number of thioether (sulfide) groups is 1. The van der Waals surface area contributed by atoms with Crippen molar-refractivity contribution < 1.29 is 17.9 Å². The number of fused-ring (bicyclic) bond motifs is 1. The second kappa shape index (κ2) is 4.73. The number of anilines is 1. The zero-order valence-corrected chi connectivity index (χ0v) is 11.3. The Morgan fingerprint density at radius 1 is 1.40 bits per heavy atom. The van der Waals surface area contributed by atoms with Crippen molar-refractivity contribution in [3.8, 4) is 5.75 Å². The van der Waals surface area contributed by atoms with E-state index in [1.807, 2.05) is 6.92 Å². The van der Waals surface area contributed by atoms with E-state index in [1.165, 1.54) is 23.9 Å². The van der Waals surface area contributed by atoms with Gasteiger partial charge in [-0.2, -0.15) is 0 Å². The van der Waals surface area contributed by atoms with E-state index in [1.54, 1.807) is 12.3 Å². The Balaban J connectivity index is 1.86. The third-order valence-corrected chi connectivity index (χ3v) is 4.06. The molecule has 1 unspecified atom stereocenters. The Bertz CT molecular complexity index is 610. The maximum atomic E-state index is 12.2. The average Bonchev–Trinajstić information content (AvgIpc) is 2.34. The van der Waals surface area contributed by atoms with Gasteiger partial charge in [0.25, 0.3) is 0 Å². The molecule has 2 aliphatic heterocycles. The van der Waals surface area contributed by atoms with Crippen LogP contribution in [0.5, 0.6) is 5.75 Å². The van der Waals surface area contributed by atoms with Crippen LogP contribution in [-0.2, 0) is 0 Å². The topological polar surface area (TPSA) is 33.6 Å². The largest absolute Gasteiger partial charge is 0.573 e. The number of halogens is 3. The first kappa shape index (κ1) is 13.4. The molecule has 0 bridgehead atoms. The van der Waals surface area contributed by atoms with Crippen LogP contribution in [0.15, 0.2) is 38.7 Å². The highest BCUT2D eigenvalue weighted by Gasteiger charge is 2.31. The van der Waals surface area contributed by atoms with Crippen molar-refractivity contribution >= 4 is 23.7 Å². The molecular formula is C13H11F3N2OS. The van der Waals surface area contributed by atoms with Crippen LogP contribution in [0.3, 0.4) is 0 Å². The predicted molar refractivity (Wildman–Crippen MR) is 72.2 cm³/mol. The standard InChI is InChI=1S/C13H11F3N2OS/c1-7-4-10-12(6-17-7)20-11-5-8(19-13(14,15)16)2-3-9(11)18-10/h2-3,5-7,18H,4H2,1H3. The monoisotopic (exact) mass is 300 g/mol. The van der Waals surface area contributed by atoms with Crippen LogP contribution < -0.4 is 10.1 Å². The maximum absolute atomic E-state index is 12.2. The van der Waals surface area contributed by atoms with Crippen LogP contribution in [0.1, 0.15) is 13.3 Å². The molecule has 7 heteroatoms. The van der Waals surface area contributed by atoms with Gasteiger partial charge in [-0.3, -0.25) is 4.99 Å². The van der Waals surface area contributed by atoms with Crippen molar-refractivity contribution in [2.24, 2.45) is 4.99 Å². The first-order valence-electron chi connectivity index (χ1n) is 6.02. The lowest BCUT2D eigenvalue weighted by molar-refractivity contribution is -0.274. The van der Waals surface area contributed by atoms with Crippen LogP contribution in [0.4, 0.5) is 18.9 Å². The summed E-state index contributed by atoms with van der Waals surface area (Å²) in [6.45, 7) is 2.02. The van der Waals surface area contributed by atoms with Crippen molar-refractivity contribution in [2.45, 2.75) is 30.6 Å². The number of rotatable bonds is 1. The molecule has 0 amide bonds. The van der Waals surface area contributed by atoms with Gasteiger partial charge in [0, 0.05) is 28.1 Å². The predicted octanol–water partition coefficient (Wildman–Crippen LogP) is 4.18. The van der Waals surface area contributed by atoms with Gasteiger partial charge in [0.2, 0.25) is 0 Å². The van der Waals surface area contributed by atoms with Gasteiger partial charge in [-0.15, -0.1) is 13.2 Å². The molecule has 1 aromatic carbocycles. The van der Waals surface area contributed by atoms with Gasteiger partial charge in [-0.1, -0.05) is 11.8 Å². The molecule has 3 nitrogen and oxygen atoms in total. The molecule has 2 heterocycles. The smallest absolute Gasteiger partial charge is 0.406 e. The van der Waals surface area contributed by atoms with Crippen LogP contribution in [-0.4, -0.2) is 18.6 Å². The number of alkyl halides is 3. The molecule has 0 aliphatic carbocycles. The van der Waals surface area contributed by atoms with E-state index < -0.39 is 6.36 Å². The summed E-state index contributed by atoms with van der Waals surface area (Å²) in [5, 5.41) is 3.25. The molecular weight excluding hydrogens is 289 g/mol. The number of nitrogens with one attached hydrogen (secondary N) is 1. The van der Waals surface area contributed by atoms with Crippen LogP contribution in [0.25, 0.3) is 0 Å². The van der Waals surface area contributed by atoms with Crippen molar-refractivity contribution in [1.29, 1.82) is 0 Å². The van der Waals surface area contributed by atoms with Crippen LogP contribution >= 0.6 is 11.8 Å². The van der Waals surface area contributed by atoms with E-state index in [4.69, 9.17) is 0 Å². The van der Waals surface area contributed by atoms with Crippen LogP contribution in [0.2, 0.25) is 0 Å². The van der Waals surface area contributed by atoms with E-state index in [2.05, 4.69) is 15.0 Å². The third kappa shape index (κ3) is 2.77. The molecule has 1 atom stereocenters. The lowest BCUT2D eigenvalue weighted by atomic mass is 10.1. The Kier molecular flexibility index (Phi) is 3.16. The number of aliphatic imine (C=N–C) groups is 1. The van der Waals surface area contributed by atoms with E-state index in [-0.39, 0.29) is 11.8 Å². The quantitative estimate of drug-likeness (QED) is 0.845. The summed E-state index contributed by atoms with van der Waals surface area (Å²) in [7, 11) is 0. The minimum Gasteiger partial charge on any atom is -0.406 e. The molecule has 106 valence electrons. The van der Waals surface area contributed by atoms with Crippen LogP contribution in [0, 0.1) is 0 Å². The minimum atomic E-state index is -4.67. The summed E-state index contributed by atoms with van der Waals surface area (Å²) in [6, 6.07) is 4.52. The Morgan fingerprint density at radius 3 is 2.95 bits per heavy atom. The van der Waals surface area contributed by atoms with Gasteiger partial charge in [0.1, 0.15) is 5.75 Å². The van der Waals surface area contributed by atoms with Gasteiger partial charge < -0.3 is 10.1 Å². The fraction of sp³-hybridized carbons (Fsp3) is 0.308. The summed E-state index contributed by atoms with van der Waals surface area (Å²) in [5.74, 6) is -0.212. The molecule has 3 rings (SSSR count). The Morgan fingerprint density at radius 2 is 2.20 bits per heavy atom. The number of benzene rings is 1. The van der Waals surface area contributed by atoms with Gasteiger partial charge in [-0.05, 0) is 25.1 Å². The molecule has 0 saturated heterocycles. The number of dihydropyridines is 1. The first-order chi connectivity index (χ1) is 9.40. The summed E-state index contributed by atoms with van der Waals surface area (Å²) in [4.78, 5) is 5.96. The second-order valence-electron chi connectivity index (χ2n) is 4.61. The fourth-order valence-corrected chi connectivity index (χ4v) is 3.10. The number of hydrogen-bond acceptors (Lipinski definition) is 4. The molecule has 1 aromatic rings. The Labute approximate surface area is 117 Å². The van der Waals surface area contributed by atoms with E-state index in [0.717, 1.165) is 22.7 Å². The fourth-order valence-electron chi connectivity index (χ4n) is 2.09. The molecule has 0 radical (unpaired) electrons. The van der Waals surface area contributed by atoms with E-state index in [9.17, 15) is 13.2 Å². The zero-order valence-electron chi connectivity index (χ0n) is 10.5. The van der Waals surface area contributed by atoms with Crippen molar-refractivity contribution in [3.63, 3.8) is 0 Å². The molecule has 20 heavy (non-hydrogen) atoms. The number of ether oxygens (including phenoxy) is 1. The lowest BCUT2D eigenvalue weighted by Crippen LogP contribution is -2.19. The number of hydrogen-bond donors (Lipinski definition) is 1. The van der Waals surface area contributed by atoms with E-state index in [0.29, 0.717) is 4.90 Å². The SMILES string of the molecule is CC1CC2=C(C=N1)Sc1cc(OC(F)(F)F)ccc1N2. The highest BCUT2D eigenvalue weighted by Crippen LogP contribution is 2.43. The third-order valence-electron chi connectivity index (χ3n) is 2.94. The Hall–Kier alpha value is -1.63. The lowest BCUT2D eigenvalue weighted by Gasteiger charge is -2.26. The number of nitrogens with zero attached hydrogens (tertiary/aromatic N) is 1. The first-order valence-corrected chi connectivity index (χ1v) is 6.83. The zero-order chi connectivity index (χ0) is 14.3. The molecule has 0 saturated carbocycles. The van der Waals surface area contributed by atoms with E-state index >= 15 is 0 Å². The number of allylic oxidation sites excluding steroid dienone is 1. The van der Waals surface area contributed by atoms with Gasteiger partial charge in [-0.25, -0.2) is 0 Å². The summed E-state index contributed by atoms with van der Waals surface area (Å²) in [5.41, 5.74) is 1.86. The molecule has 0 aromatic heterocycles. The highest BCUT2D eigenvalue weighted by atomic mass is 32.2. The van der Waals surface area contributed by atoms with Crippen molar-refractivity contribution in [1.82, 2.24) is 0 Å². The van der Waals surface area contributed by atoms with Crippen molar-refractivity contribution in [2.75, 3.05) is 5.32 Å². The molecule has 2 aliphatic rings. The maximum Gasteiger partial charge on any atom is 0.573 e. The van der Waals surface area contributed by atoms with Gasteiger partial charge in [0.15, 0.2) is 0 Å². The average molecular weight is 300 g/mol.